The molecular formula is C25H29N7O2S. The predicted molar refractivity (Wildman–Crippen MR) is 141 cm³/mol. The monoisotopic (exact) mass is 491 g/mol. The number of rotatable bonds is 11. The van der Waals surface area contributed by atoms with Crippen molar-refractivity contribution in [2.24, 2.45) is 5.14 Å². The number of benzene rings is 2. The van der Waals surface area contributed by atoms with Gasteiger partial charge in [0.25, 0.3) is 0 Å². The number of anilines is 3. The van der Waals surface area contributed by atoms with E-state index in [2.05, 4.69) is 26.5 Å². The summed E-state index contributed by atoms with van der Waals surface area (Å²) in [5.41, 5.74) is 2.51. The molecule has 182 valence electrons. The smallest absolute Gasteiger partial charge is 0.229 e. The van der Waals surface area contributed by atoms with Gasteiger partial charge in [0.05, 0.1) is 22.6 Å². The highest BCUT2D eigenvalue weighted by molar-refractivity contribution is 7.98. The van der Waals surface area contributed by atoms with Crippen LogP contribution >= 0.6 is 0 Å². The Morgan fingerprint density at radius 3 is 2.74 bits per heavy atom. The lowest BCUT2D eigenvalue weighted by molar-refractivity contribution is 0.340. The van der Waals surface area contributed by atoms with Crippen molar-refractivity contribution < 1.29 is 8.95 Å². The van der Waals surface area contributed by atoms with Gasteiger partial charge < -0.3 is 19.9 Å². The van der Waals surface area contributed by atoms with Crippen molar-refractivity contribution in [2.45, 2.75) is 24.8 Å². The second kappa shape index (κ2) is 11.0. The Morgan fingerprint density at radius 1 is 1.20 bits per heavy atom. The first-order valence-electron chi connectivity index (χ1n) is 11.2. The molecule has 10 heteroatoms. The van der Waals surface area contributed by atoms with E-state index < -0.39 is 9.71 Å². The van der Waals surface area contributed by atoms with Crippen LogP contribution in [0.5, 0.6) is 5.75 Å². The summed E-state index contributed by atoms with van der Waals surface area (Å²) in [6.07, 6.45) is 8.19. The van der Waals surface area contributed by atoms with Crippen molar-refractivity contribution in [3.8, 4) is 16.9 Å². The van der Waals surface area contributed by atoms with Crippen molar-refractivity contribution in [1.29, 1.82) is 0 Å². The maximum Gasteiger partial charge on any atom is 0.229 e. The Hall–Kier alpha value is -3.89. The second-order valence-electron chi connectivity index (χ2n) is 7.87. The molecule has 4 aromatic rings. The minimum Gasteiger partial charge on any atom is -0.494 e. The van der Waals surface area contributed by atoms with Gasteiger partial charge in [0, 0.05) is 47.8 Å². The molecule has 0 amide bonds. The van der Waals surface area contributed by atoms with Crippen molar-refractivity contribution in [2.75, 3.05) is 23.8 Å². The first-order chi connectivity index (χ1) is 16.9. The minimum absolute atomic E-state index is 0.404. The highest BCUT2D eigenvalue weighted by atomic mass is 32.2. The molecule has 0 bridgehead atoms. The van der Waals surface area contributed by atoms with Crippen LogP contribution in [0.15, 0.2) is 78.3 Å². The number of hydrogen-bond donors (Lipinski definition) is 3. The molecule has 9 nitrogen and oxygen atoms in total. The third-order valence-corrected chi connectivity index (χ3v) is 6.25. The molecule has 0 aliphatic carbocycles. The Morgan fingerprint density at radius 2 is 2.03 bits per heavy atom. The standard InChI is InChI=1S/C25H29N7O2S/c1-3-34-21-10-8-19(9-11-21)23-17-29-25(30-20-6-4-7-22(16-20)35(2,26)33)31-24(23)28-12-5-14-32-15-13-27-18-32/h4,6-11,13,15-18H,2-3,5,12,14H2,1H3,(H2,26,33)(H2,28,29,30,31). The van der Waals surface area contributed by atoms with Crippen molar-refractivity contribution in [1.82, 2.24) is 19.5 Å². The third kappa shape index (κ3) is 6.58. The molecule has 0 saturated carbocycles. The average molecular weight is 492 g/mol. The number of nitrogens with one attached hydrogen (secondary N) is 2. The van der Waals surface area contributed by atoms with E-state index in [9.17, 15) is 4.21 Å². The van der Waals surface area contributed by atoms with Crippen LogP contribution in [-0.2, 0) is 16.3 Å². The summed E-state index contributed by atoms with van der Waals surface area (Å²) >= 11 is 0. The van der Waals surface area contributed by atoms with Crippen LogP contribution in [0.3, 0.4) is 0 Å². The lowest BCUT2D eigenvalue weighted by Gasteiger charge is -2.14. The molecule has 0 aliphatic heterocycles. The average Bonchev–Trinajstić information content (AvgIpc) is 3.36. The highest BCUT2D eigenvalue weighted by Gasteiger charge is 2.11. The summed E-state index contributed by atoms with van der Waals surface area (Å²) in [6, 6.07) is 14.8. The molecule has 0 spiro atoms. The Balaban J connectivity index is 1.57. The molecule has 35 heavy (non-hydrogen) atoms. The number of nitrogens with zero attached hydrogens (tertiary/aromatic N) is 4. The maximum atomic E-state index is 12.1. The zero-order valence-corrected chi connectivity index (χ0v) is 20.4. The summed E-state index contributed by atoms with van der Waals surface area (Å²) in [4.78, 5) is 13.8. The van der Waals surface area contributed by atoms with Crippen molar-refractivity contribution in [3.63, 3.8) is 0 Å². The number of aromatic nitrogens is 4. The van der Waals surface area contributed by atoms with Gasteiger partial charge in [0.2, 0.25) is 5.95 Å². The number of imidazole rings is 1. The first-order valence-corrected chi connectivity index (χ1v) is 13.0. The van der Waals surface area contributed by atoms with Gasteiger partial charge in [-0.1, -0.05) is 18.2 Å². The fraction of sp³-hybridized carbons (Fsp3) is 0.200. The highest BCUT2D eigenvalue weighted by Crippen LogP contribution is 2.29. The molecule has 0 aliphatic rings. The van der Waals surface area contributed by atoms with E-state index in [1.54, 1.807) is 36.9 Å². The lowest BCUT2D eigenvalue weighted by atomic mass is 10.1. The zero-order valence-electron chi connectivity index (χ0n) is 19.6. The lowest BCUT2D eigenvalue weighted by Crippen LogP contribution is -2.12. The summed E-state index contributed by atoms with van der Waals surface area (Å²) in [5.74, 6) is 5.47. The van der Waals surface area contributed by atoms with Crippen LogP contribution in [0.4, 0.5) is 17.5 Å². The van der Waals surface area contributed by atoms with Crippen LogP contribution in [0.1, 0.15) is 13.3 Å². The number of ether oxygens (including phenoxy) is 1. The van der Waals surface area contributed by atoms with E-state index in [-0.39, 0.29) is 0 Å². The van der Waals surface area contributed by atoms with Gasteiger partial charge in [0.15, 0.2) is 0 Å². The van der Waals surface area contributed by atoms with Crippen molar-refractivity contribution in [3.05, 3.63) is 73.4 Å². The van der Waals surface area contributed by atoms with Gasteiger partial charge in [-0.2, -0.15) is 4.98 Å². The van der Waals surface area contributed by atoms with E-state index in [0.29, 0.717) is 35.5 Å². The van der Waals surface area contributed by atoms with E-state index in [4.69, 9.17) is 14.9 Å². The summed E-state index contributed by atoms with van der Waals surface area (Å²) in [6.45, 7) is 4.13. The molecule has 0 saturated heterocycles. The topological polar surface area (TPSA) is 120 Å². The van der Waals surface area contributed by atoms with Gasteiger partial charge in [-0.05, 0) is 55.1 Å². The fourth-order valence-corrected chi connectivity index (χ4v) is 4.13. The Kier molecular flexibility index (Phi) is 7.64. The Labute approximate surface area is 205 Å². The van der Waals surface area contributed by atoms with Crippen molar-refractivity contribution >= 4 is 33.0 Å². The van der Waals surface area contributed by atoms with Crippen LogP contribution in [0.2, 0.25) is 0 Å². The molecule has 2 aromatic heterocycles. The molecule has 0 radical (unpaired) electrons. The van der Waals surface area contributed by atoms with Crippen LogP contribution in [0, 0.1) is 0 Å². The van der Waals surface area contributed by atoms with E-state index in [1.807, 2.05) is 48.0 Å². The number of hydrogen-bond acceptors (Lipinski definition) is 7. The molecule has 1 atom stereocenters. The molecule has 2 heterocycles. The van der Waals surface area contributed by atoms with E-state index >= 15 is 0 Å². The molecular weight excluding hydrogens is 462 g/mol. The van der Waals surface area contributed by atoms with Crippen LogP contribution < -0.4 is 20.5 Å². The van der Waals surface area contributed by atoms with Gasteiger partial charge >= 0.3 is 0 Å². The summed E-state index contributed by atoms with van der Waals surface area (Å²) in [5, 5.41) is 12.3. The largest absolute Gasteiger partial charge is 0.494 e. The van der Waals surface area contributed by atoms with Gasteiger partial charge in [0.1, 0.15) is 11.6 Å². The third-order valence-electron chi connectivity index (χ3n) is 5.20. The quantitative estimate of drug-likeness (QED) is 0.215. The molecule has 4 rings (SSSR count). The predicted octanol–water partition coefficient (Wildman–Crippen LogP) is 3.93. The van der Waals surface area contributed by atoms with Crippen LogP contribution in [-0.4, -0.2) is 42.7 Å². The first kappa shape index (κ1) is 24.2. The normalized spacial score (nSPS) is 12.6. The van der Waals surface area contributed by atoms with Gasteiger partial charge in [-0.15, -0.1) is 0 Å². The zero-order chi connectivity index (χ0) is 24.7. The number of nitrogens with two attached hydrogens (primary N) is 1. The van der Waals surface area contributed by atoms with E-state index in [1.165, 1.54) is 0 Å². The number of aryl methyl sites for hydroxylation is 1. The Bertz CT molecular complexity index is 1360. The molecule has 4 N–H and O–H groups in total. The second-order valence-corrected chi connectivity index (χ2v) is 9.80. The molecule has 1 unspecified atom stereocenters. The molecule has 0 fully saturated rings. The van der Waals surface area contributed by atoms with Gasteiger partial charge in [-0.25, -0.2) is 14.2 Å². The summed E-state index contributed by atoms with van der Waals surface area (Å²) in [7, 11) is -2.82. The van der Waals surface area contributed by atoms with E-state index in [0.717, 1.165) is 29.8 Å². The molecule has 2 aromatic carbocycles. The summed E-state index contributed by atoms with van der Waals surface area (Å²) < 4.78 is 19.7. The van der Waals surface area contributed by atoms with Crippen LogP contribution in [0.25, 0.3) is 11.1 Å². The SMILES string of the molecule is C=S(N)(=O)c1cccc(Nc2ncc(-c3ccc(OCC)cc3)c(NCCCn3ccnc3)n2)c1. The minimum atomic E-state index is -2.82. The maximum absolute atomic E-state index is 12.1. The van der Waals surface area contributed by atoms with Gasteiger partial charge in [-0.3, -0.25) is 5.14 Å². The fourth-order valence-electron chi connectivity index (χ4n) is 3.49.